The van der Waals surface area contributed by atoms with Crippen molar-refractivity contribution in [1.82, 2.24) is 0 Å². The fourth-order valence-electron chi connectivity index (χ4n) is 2.61. The normalized spacial score (nSPS) is 11.0. The molecule has 1 amide bonds. The fourth-order valence-corrected chi connectivity index (χ4v) is 3.86. The van der Waals surface area contributed by atoms with Gasteiger partial charge in [0.05, 0.1) is 23.4 Å². The van der Waals surface area contributed by atoms with Crippen LogP contribution >= 0.6 is 11.6 Å². The van der Waals surface area contributed by atoms with Gasteiger partial charge in [0, 0.05) is 10.6 Å². The Labute approximate surface area is 174 Å². The molecule has 0 aliphatic heterocycles. The Kier molecular flexibility index (Phi) is 6.10. The van der Waals surface area contributed by atoms with E-state index in [4.69, 9.17) is 16.3 Å². The molecule has 150 valence electrons. The van der Waals surface area contributed by atoms with E-state index in [1.54, 1.807) is 42.5 Å². The summed E-state index contributed by atoms with van der Waals surface area (Å²) in [7, 11) is -2.47. The van der Waals surface area contributed by atoms with Crippen molar-refractivity contribution in [3.63, 3.8) is 0 Å². The topological polar surface area (TPSA) is 84.5 Å². The summed E-state index contributed by atoms with van der Waals surface area (Å²) in [6.45, 7) is 1.83. The first-order chi connectivity index (χ1) is 13.8. The molecule has 3 aromatic rings. The third-order valence-corrected chi connectivity index (χ3v) is 5.98. The minimum absolute atomic E-state index is 0.0293. The van der Waals surface area contributed by atoms with Crippen molar-refractivity contribution in [2.75, 3.05) is 17.1 Å². The number of ether oxygens (including phenoxy) is 1. The highest BCUT2D eigenvalue weighted by atomic mass is 35.5. The number of aryl methyl sites for hydroxylation is 1. The van der Waals surface area contributed by atoms with Crippen LogP contribution in [0.1, 0.15) is 15.9 Å². The number of halogens is 1. The Bertz CT molecular complexity index is 1150. The van der Waals surface area contributed by atoms with Gasteiger partial charge in [0.25, 0.3) is 15.9 Å². The van der Waals surface area contributed by atoms with Crippen molar-refractivity contribution < 1.29 is 17.9 Å². The predicted molar refractivity (Wildman–Crippen MR) is 114 cm³/mol. The van der Waals surface area contributed by atoms with Crippen molar-refractivity contribution in [3.05, 3.63) is 82.9 Å². The lowest BCUT2D eigenvalue weighted by Crippen LogP contribution is -2.15. The van der Waals surface area contributed by atoms with Gasteiger partial charge in [0.15, 0.2) is 0 Å². The molecule has 0 atom stereocenters. The van der Waals surface area contributed by atoms with Crippen LogP contribution in [0.5, 0.6) is 5.75 Å². The largest absolute Gasteiger partial charge is 0.495 e. The number of benzene rings is 3. The first-order valence-electron chi connectivity index (χ1n) is 8.63. The third-order valence-electron chi connectivity index (χ3n) is 4.19. The highest BCUT2D eigenvalue weighted by Crippen LogP contribution is 2.29. The van der Waals surface area contributed by atoms with Crippen LogP contribution in [-0.4, -0.2) is 21.4 Å². The lowest BCUT2D eigenvalue weighted by Gasteiger charge is -2.14. The number of sulfonamides is 1. The maximum Gasteiger partial charge on any atom is 0.261 e. The lowest BCUT2D eigenvalue weighted by molar-refractivity contribution is 0.102. The summed E-state index contributed by atoms with van der Waals surface area (Å²) in [5.74, 6) is -0.0386. The quantitative estimate of drug-likeness (QED) is 0.593. The molecule has 0 saturated carbocycles. The summed E-state index contributed by atoms with van der Waals surface area (Å²) in [4.78, 5) is 12.4. The smallest absolute Gasteiger partial charge is 0.261 e. The van der Waals surface area contributed by atoms with Crippen LogP contribution in [0.2, 0.25) is 5.02 Å². The summed E-state index contributed by atoms with van der Waals surface area (Å²) in [6.07, 6.45) is 0. The van der Waals surface area contributed by atoms with Gasteiger partial charge in [-0.1, -0.05) is 35.9 Å². The van der Waals surface area contributed by atoms with E-state index in [-0.39, 0.29) is 16.5 Å². The number of anilines is 2. The van der Waals surface area contributed by atoms with Gasteiger partial charge in [0.1, 0.15) is 5.75 Å². The van der Waals surface area contributed by atoms with Crippen molar-refractivity contribution in [3.8, 4) is 5.75 Å². The van der Waals surface area contributed by atoms with Gasteiger partial charge < -0.3 is 10.1 Å². The number of hydrogen-bond donors (Lipinski definition) is 2. The Morgan fingerprint density at radius 1 is 1.00 bits per heavy atom. The Balaban J connectivity index is 1.90. The molecule has 29 heavy (non-hydrogen) atoms. The molecule has 0 aliphatic carbocycles. The minimum Gasteiger partial charge on any atom is -0.495 e. The molecule has 0 saturated heterocycles. The minimum atomic E-state index is -3.91. The van der Waals surface area contributed by atoms with Crippen LogP contribution in [0.3, 0.4) is 0 Å². The standard InChI is InChI=1S/C21H19ClN2O4S/c1-14-8-9-16(12-18(14)22)24-29(26,27)17-10-11-20(28-2)19(13-17)23-21(25)15-6-4-3-5-7-15/h3-13,24H,1-2H3,(H,23,25). The highest BCUT2D eigenvalue weighted by Gasteiger charge is 2.18. The molecule has 0 aromatic heterocycles. The molecule has 0 aliphatic rings. The van der Waals surface area contributed by atoms with Crippen molar-refractivity contribution in [2.24, 2.45) is 0 Å². The number of rotatable bonds is 6. The number of carbonyl (C=O) groups is 1. The summed E-state index contributed by atoms with van der Waals surface area (Å²) in [6, 6.07) is 17.7. The molecule has 6 nitrogen and oxygen atoms in total. The second-order valence-corrected chi connectivity index (χ2v) is 8.34. The molecule has 0 fully saturated rings. The molecule has 0 radical (unpaired) electrons. The van der Waals surface area contributed by atoms with Gasteiger partial charge >= 0.3 is 0 Å². The molecular weight excluding hydrogens is 412 g/mol. The average molecular weight is 431 g/mol. The zero-order valence-corrected chi connectivity index (χ0v) is 17.3. The second kappa shape index (κ2) is 8.55. The monoisotopic (exact) mass is 430 g/mol. The van der Waals surface area contributed by atoms with Crippen LogP contribution in [0.15, 0.2) is 71.6 Å². The lowest BCUT2D eigenvalue weighted by atomic mass is 10.2. The van der Waals surface area contributed by atoms with E-state index >= 15 is 0 Å². The van der Waals surface area contributed by atoms with Crippen LogP contribution < -0.4 is 14.8 Å². The summed E-state index contributed by atoms with van der Waals surface area (Å²) >= 11 is 6.07. The van der Waals surface area contributed by atoms with Crippen LogP contribution in [0.25, 0.3) is 0 Å². The zero-order valence-electron chi connectivity index (χ0n) is 15.8. The van der Waals surface area contributed by atoms with E-state index in [0.717, 1.165) is 5.56 Å². The second-order valence-electron chi connectivity index (χ2n) is 6.25. The van der Waals surface area contributed by atoms with Gasteiger partial charge in [-0.2, -0.15) is 0 Å². The van der Waals surface area contributed by atoms with E-state index in [9.17, 15) is 13.2 Å². The molecule has 2 N–H and O–H groups in total. The van der Waals surface area contributed by atoms with Gasteiger partial charge in [-0.3, -0.25) is 9.52 Å². The van der Waals surface area contributed by atoms with E-state index in [1.165, 1.54) is 31.4 Å². The maximum absolute atomic E-state index is 12.8. The zero-order chi connectivity index (χ0) is 21.0. The van der Waals surface area contributed by atoms with Crippen LogP contribution in [0.4, 0.5) is 11.4 Å². The first kappa shape index (κ1) is 20.7. The summed E-state index contributed by atoms with van der Waals surface area (Å²) in [5.41, 5.74) is 1.86. The third kappa shape index (κ3) is 4.88. The maximum atomic E-state index is 12.8. The van der Waals surface area contributed by atoms with E-state index in [2.05, 4.69) is 10.0 Å². The number of methoxy groups -OCH3 is 1. The first-order valence-corrected chi connectivity index (χ1v) is 10.5. The van der Waals surface area contributed by atoms with Crippen molar-refractivity contribution in [2.45, 2.75) is 11.8 Å². The molecular formula is C21H19ClN2O4S. The molecule has 0 bridgehead atoms. The van der Waals surface area contributed by atoms with Gasteiger partial charge in [-0.15, -0.1) is 0 Å². The Morgan fingerprint density at radius 2 is 1.72 bits per heavy atom. The van der Waals surface area contributed by atoms with Gasteiger partial charge in [-0.25, -0.2) is 8.42 Å². The SMILES string of the molecule is COc1ccc(S(=O)(=O)Nc2ccc(C)c(Cl)c2)cc1NC(=O)c1ccccc1. The van der Waals surface area contributed by atoms with Crippen molar-refractivity contribution >= 4 is 38.9 Å². The van der Waals surface area contributed by atoms with E-state index < -0.39 is 10.0 Å². The number of nitrogens with one attached hydrogen (secondary N) is 2. The predicted octanol–water partition coefficient (Wildman–Crippen LogP) is 4.71. The Morgan fingerprint density at radius 3 is 2.38 bits per heavy atom. The molecule has 0 spiro atoms. The Hall–Kier alpha value is -3.03. The average Bonchev–Trinajstić information content (AvgIpc) is 2.71. The molecule has 3 rings (SSSR count). The van der Waals surface area contributed by atoms with Crippen LogP contribution in [-0.2, 0) is 10.0 Å². The number of amides is 1. The van der Waals surface area contributed by atoms with Crippen molar-refractivity contribution in [1.29, 1.82) is 0 Å². The molecule has 8 heteroatoms. The van der Waals surface area contributed by atoms with Crippen LogP contribution in [0, 0.1) is 6.92 Å². The summed E-state index contributed by atoms with van der Waals surface area (Å²) < 4.78 is 33.3. The number of carbonyl (C=O) groups excluding carboxylic acids is 1. The molecule has 3 aromatic carbocycles. The fraction of sp³-hybridized carbons (Fsp3) is 0.0952. The molecule has 0 heterocycles. The number of hydrogen-bond acceptors (Lipinski definition) is 4. The van der Waals surface area contributed by atoms with E-state index in [1.807, 2.05) is 6.92 Å². The molecule has 0 unspecified atom stereocenters. The van der Waals surface area contributed by atoms with Gasteiger partial charge in [0.2, 0.25) is 0 Å². The van der Waals surface area contributed by atoms with E-state index in [0.29, 0.717) is 22.0 Å². The van der Waals surface area contributed by atoms with Gasteiger partial charge in [-0.05, 0) is 55.0 Å². The highest BCUT2D eigenvalue weighted by molar-refractivity contribution is 7.92. The summed E-state index contributed by atoms with van der Waals surface area (Å²) in [5, 5.41) is 3.15.